The summed E-state index contributed by atoms with van der Waals surface area (Å²) in [5, 5.41) is 2.54. The summed E-state index contributed by atoms with van der Waals surface area (Å²) < 4.78 is 9.90. The number of aromatic nitrogens is 2. The molecular formula is C17H20N4O5. The van der Waals surface area contributed by atoms with Gasteiger partial charge in [0, 0.05) is 12.4 Å². The van der Waals surface area contributed by atoms with Crippen molar-refractivity contribution in [2.75, 3.05) is 13.2 Å². The molecule has 0 aliphatic heterocycles. The number of furan rings is 1. The second-order valence-electron chi connectivity index (χ2n) is 5.34. The fourth-order valence-electron chi connectivity index (χ4n) is 2.17. The molecule has 9 heteroatoms. The van der Waals surface area contributed by atoms with Gasteiger partial charge in [-0.2, -0.15) is 0 Å². The zero-order valence-electron chi connectivity index (χ0n) is 14.5. The summed E-state index contributed by atoms with van der Waals surface area (Å²) >= 11 is 0. The molecule has 0 aromatic carbocycles. The van der Waals surface area contributed by atoms with Crippen molar-refractivity contribution in [1.82, 2.24) is 20.2 Å². The highest BCUT2D eigenvalue weighted by Crippen LogP contribution is 2.05. The van der Waals surface area contributed by atoms with Gasteiger partial charge >= 0.3 is 5.97 Å². The van der Waals surface area contributed by atoms with Gasteiger partial charge in [0.1, 0.15) is 18.4 Å². The third kappa shape index (κ3) is 5.40. The number of carbonyl (C=O) groups excluding carboxylic acids is 3. The Morgan fingerprint density at radius 2 is 2.00 bits per heavy atom. The Bertz CT molecular complexity index is 733. The molecule has 2 aromatic heterocycles. The minimum absolute atomic E-state index is 0.0133. The zero-order valence-corrected chi connectivity index (χ0v) is 14.5. The number of rotatable bonds is 8. The van der Waals surface area contributed by atoms with E-state index in [1.165, 1.54) is 36.5 Å². The second kappa shape index (κ2) is 9.30. The zero-order chi connectivity index (χ0) is 18.9. The van der Waals surface area contributed by atoms with Gasteiger partial charge in [0.15, 0.2) is 5.76 Å². The van der Waals surface area contributed by atoms with Gasteiger partial charge in [-0.05, 0) is 32.0 Å². The lowest BCUT2D eigenvalue weighted by Crippen LogP contribution is -2.48. The van der Waals surface area contributed by atoms with E-state index in [9.17, 15) is 14.4 Å². The smallest absolute Gasteiger partial charge is 0.325 e. The monoisotopic (exact) mass is 360 g/mol. The summed E-state index contributed by atoms with van der Waals surface area (Å²) in [6.45, 7) is 3.14. The molecule has 1 N–H and O–H groups in total. The molecule has 138 valence electrons. The summed E-state index contributed by atoms with van der Waals surface area (Å²) in [5.74, 6) is -1.09. The average molecular weight is 360 g/mol. The molecule has 0 saturated heterocycles. The van der Waals surface area contributed by atoms with Crippen LogP contribution in [0.25, 0.3) is 0 Å². The van der Waals surface area contributed by atoms with Crippen molar-refractivity contribution >= 4 is 17.8 Å². The van der Waals surface area contributed by atoms with E-state index in [4.69, 9.17) is 9.15 Å². The van der Waals surface area contributed by atoms with Crippen LogP contribution >= 0.6 is 0 Å². The van der Waals surface area contributed by atoms with Crippen molar-refractivity contribution in [3.63, 3.8) is 0 Å². The van der Waals surface area contributed by atoms with E-state index in [-0.39, 0.29) is 25.5 Å². The third-order valence-electron chi connectivity index (χ3n) is 3.35. The lowest BCUT2D eigenvalue weighted by Gasteiger charge is -2.24. The van der Waals surface area contributed by atoms with Gasteiger partial charge < -0.3 is 19.4 Å². The van der Waals surface area contributed by atoms with Crippen LogP contribution in [-0.4, -0.2) is 51.8 Å². The van der Waals surface area contributed by atoms with Crippen LogP contribution in [0.4, 0.5) is 0 Å². The van der Waals surface area contributed by atoms with Crippen molar-refractivity contribution in [2.45, 2.75) is 26.4 Å². The van der Waals surface area contributed by atoms with Gasteiger partial charge in [-0.3, -0.25) is 14.4 Å². The number of nitrogens with zero attached hydrogens (tertiary/aromatic N) is 3. The van der Waals surface area contributed by atoms with Crippen LogP contribution in [0.1, 0.15) is 30.2 Å². The first-order chi connectivity index (χ1) is 12.5. The van der Waals surface area contributed by atoms with E-state index in [0.29, 0.717) is 5.82 Å². The molecule has 0 saturated carbocycles. The predicted molar refractivity (Wildman–Crippen MR) is 89.7 cm³/mol. The maximum Gasteiger partial charge on any atom is 0.325 e. The van der Waals surface area contributed by atoms with Gasteiger partial charge in [0.25, 0.3) is 5.91 Å². The van der Waals surface area contributed by atoms with Crippen LogP contribution in [-0.2, 0) is 20.9 Å². The SMILES string of the molecule is CCOC(=O)CN(Cc1ncccn1)C(=O)C(C)NC(=O)c1ccco1. The Kier molecular flexibility index (Phi) is 6.84. The fourth-order valence-corrected chi connectivity index (χ4v) is 2.17. The number of carbonyl (C=O) groups is 3. The molecule has 0 bridgehead atoms. The highest BCUT2D eigenvalue weighted by Gasteiger charge is 2.26. The van der Waals surface area contributed by atoms with E-state index in [1.54, 1.807) is 19.1 Å². The summed E-state index contributed by atoms with van der Waals surface area (Å²) in [4.78, 5) is 45.9. The summed E-state index contributed by atoms with van der Waals surface area (Å²) in [6, 6.07) is 3.82. The Morgan fingerprint density at radius 1 is 1.27 bits per heavy atom. The molecule has 9 nitrogen and oxygen atoms in total. The molecule has 0 aliphatic rings. The van der Waals surface area contributed by atoms with Gasteiger partial charge in [0.2, 0.25) is 5.91 Å². The highest BCUT2D eigenvalue weighted by molar-refractivity contribution is 5.95. The lowest BCUT2D eigenvalue weighted by atomic mass is 10.2. The van der Waals surface area contributed by atoms with Crippen molar-refractivity contribution in [2.24, 2.45) is 0 Å². The molecule has 0 radical (unpaired) electrons. The van der Waals surface area contributed by atoms with Crippen molar-refractivity contribution in [3.8, 4) is 0 Å². The number of ether oxygens (including phenoxy) is 1. The van der Waals surface area contributed by atoms with Crippen LogP contribution in [0.2, 0.25) is 0 Å². The molecular weight excluding hydrogens is 340 g/mol. The van der Waals surface area contributed by atoms with Gasteiger partial charge in [-0.15, -0.1) is 0 Å². The number of hydrogen-bond acceptors (Lipinski definition) is 7. The molecule has 2 rings (SSSR count). The number of hydrogen-bond donors (Lipinski definition) is 1. The van der Waals surface area contributed by atoms with Crippen molar-refractivity contribution in [1.29, 1.82) is 0 Å². The third-order valence-corrected chi connectivity index (χ3v) is 3.35. The van der Waals surface area contributed by atoms with Gasteiger partial charge in [0.05, 0.1) is 19.4 Å². The maximum atomic E-state index is 12.7. The van der Waals surface area contributed by atoms with Gasteiger partial charge in [-0.1, -0.05) is 0 Å². The minimum atomic E-state index is -0.884. The van der Waals surface area contributed by atoms with E-state index in [2.05, 4.69) is 15.3 Å². The quantitative estimate of drug-likeness (QED) is 0.692. The Labute approximate surface area is 150 Å². The first-order valence-corrected chi connectivity index (χ1v) is 8.06. The van der Waals surface area contributed by atoms with Gasteiger partial charge in [-0.25, -0.2) is 9.97 Å². The number of nitrogens with one attached hydrogen (secondary N) is 1. The highest BCUT2D eigenvalue weighted by atomic mass is 16.5. The maximum absolute atomic E-state index is 12.7. The molecule has 0 spiro atoms. The Balaban J connectivity index is 2.07. The van der Waals surface area contributed by atoms with Crippen LogP contribution in [0.5, 0.6) is 0 Å². The fraction of sp³-hybridized carbons (Fsp3) is 0.353. The number of esters is 1. The standard InChI is InChI=1S/C17H20N4O5/c1-3-25-15(22)11-21(10-14-18-7-5-8-19-14)17(24)12(2)20-16(23)13-6-4-9-26-13/h4-9,12H,3,10-11H2,1-2H3,(H,20,23). The summed E-state index contributed by atoms with van der Waals surface area (Å²) in [7, 11) is 0. The summed E-state index contributed by atoms with van der Waals surface area (Å²) in [5.41, 5.74) is 0. The topological polar surface area (TPSA) is 115 Å². The predicted octanol–water partition coefficient (Wildman–Crippen LogP) is 0.780. The largest absolute Gasteiger partial charge is 0.465 e. The van der Waals surface area contributed by atoms with Crippen LogP contribution in [0, 0.1) is 0 Å². The molecule has 2 aromatic rings. The minimum Gasteiger partial charge on any atom is -0.465 e. The van der Waals surface area contributed by atoms with Crippen molar-refractivity contribution in [3.05, 3.63) is 48.4 Å². The Hall–Kier alpha value is -3.23. The number of amides is 2. The van der Waals surface area contributed by atoms with E-state index >= 15 is 0 Å². The van der Waals surface area contributed by atoms with Crippen LogP contribution < -0.4 is 5.32 Å². The Morgan fingerprint density at radius 3 is 2.62 bits per heavy atom. The summed E-state index contributed by atoms with van der Waals surface area (Å²) in [6.07, 6.45) is 4.44. The molecule has 0 aliphatic carbocycles. The van der Waals surface area contributed by atoms with Crippen LogP contribution in [0.3, 0.4) is 0 Å². The van der Waals surface area contributed by atoms with E-state index in [0.717, 1.165) is 0 Å². The van der Waals surface area contributed by atoms with E-state index in [1.807, 2.05) is 0 Å². The first-order valence-electron chi connectivity index (χ1n) is 8.06. The second-order valence-corrected chi connectivity index (χ2v) is 5.34. The first kappa shape index (κ1) is 19.1. The molecule has 0 fully saturated rings. The molecule has 26 heavy (non-hydrogen) atoms. The van der Waals surface area contributed by atoms with E-state index < -0.39 is 23.8 Å². The molecule has 1 unspecified atom stereocenters. The molecule has 2 heterocycles. The van der Waals surface area contributed by atoms with Crippen molar-refractivity contribution < 1.29 is 23.5 Å². The normalized spacial score (nSPS) is 11.5. The lowest BCUT2D eigenvalue weighted by molar-refractivity contribution is -0.149. The molecule has 1 atom stereocenters. The van der Waals surface area contributed by atoms with Crippen LogP contribution in [0.15, 0.2) is 41.3 Å². The molecule has 2 amide bonds. The average Bonchev–Trinajstić information content (AvgIpc) is 3.16.